The van der Waals surface area contributed by atoms with Crippen LogP contribution < -0.4 is 0 Å². The molecule has 0 aromatic heterocycles. The van der Waals surface area contributed by atoms with E-state index in [4.69, 9.17) is 23.2 Å². The lowest BCUT2D eigenvalue weighted by molar-refractivity contribution is -0.117. The first-order valence-electron chi connectivity index (χ1n) is 4.48. The SMILES string of the molecule is CC#CCC(=O)Cc1ccc(Cl)c(Cl)c1. The van der Waals surface area contributed by atoms with Crippen molar-refractivity contribution < 1.29 is 4.79 Å². The molecule has 78 valence electrons. The number of carbonyl (C=O) groups excluding carboxylic acids is 1. The third-order valence-corrected chi connectivity index (χ3v) is 2.59. The van der Waals surface area contributed by atoms with Gasteiger partial charge in [-0.3, -0.25) is 4.79 Å². The van der Waals surface area contributed by atoms with Crippen LogP contribution in [0.5, 0.6) is 0 Å². The second-order valence-electron chi connectivity index (χ2n) is 3.07. The van der Waals surface area contributed by atoms with Gasteiger partial charge in [-0.25, -0.2) is 0 Å². The molecule has 3 heteroatoms. The van der Waals surface area contributed by atoms with E-state index in [1.54, 1.807) is 25.1 Å². The second kappa shape index (κ2) is 5.80. The van der Waals surface area contributed by atoms with E-state index in [0.29, 0.717) is 16.5 Å². The predicted molar refractivity (Wildman–Crippen MR) is 63.2 cm³/mol. The molecule has 1 nitrogen and oxygen atoms in total. The maximum Gasteiger partial charge on any atom is 0.149 e. The molecule has 0 saturated carbocycles. The maximum atomic E-state index is 11.4. The van der Waals surface area contributed by atoms with Crippen molar-refractivity contribution in [3.05, 3.63) is 33.8 Å². The van der Waals surface area contributed by atoms with Crippen LogP contribution in [0.2, 0.25) is 10.0 Å². The van der Waals surface area contributed by atoms with Crippen molar-refractivity contribution in [1.29, 1.82) is 0 Å². The normalized spacial score (nSPS) is 9.27. The predicted octanol–water partition coefficient (Wildman–Crippen LogP) is 3.52. The van der Waals surface area contributed by atoms with E-state index in [2.05, 4.69) is 11.8 Å². The van der Waals surface area contributed by atoms with E-state index in [0.717, 1.165) is 5.56 Å². The summed E-state index contributed by atoms with van der Waals surface area (Å²) in [5.41, 5.74) is 0.868. The smallest absolute Gasteiger partial charge is 0.149 e. The van der Waals surface area contributed by atoms with Crippen molar-refractivity contribution in [3.63, 3.8) is 0 Å². The fourth-order valence-corrected chi connectivity index (χ4v) is 1.45. The van der Waals surface area contributed by atoms with Crippen molar-refractivity contribution in [2.24, 2.45) is 0 Å². The van der Waals surface area contributed by atoms with Crippen LogP contribution in [-0.2, 0) is 11.2 Å². The topological polar surface area (TPSA) is 17.1 Å². The highest BCUT2D eigenvalue weighted by molar-refractivity contribution is 6.42. The lowest BCUT2D eigenvalue weighted by atomic mass is 10.1. The van der Waals surface area contributed by atoms with Crippen LogP contribution in [0.3, 0.4) is 0 Å². The maximum absolute atomic E-state index is 11.4. The fourth-order valence-electron chi connectivity index (χ4n) is 1.13. The summed E-state index contributed by atoms with van der Waals surface area (Å²) >= 11 is 11.6. The Bertz CT molecular complexity index is 427. The first-order chi connectivity index (χ1) is 7.13. The number of ketones is 1. The Labute approximate surface area is 99.4 Å². The van der Waals surface area contributed by atoms with Gasteiger partial charge in [0.1, 0.15) is 5.78 Å². The molecular weight excluding hydrogens is 231 g/mol. The highest BCUT2D eigenvalue weighted by Gasteiger charge is 2.04. The minimum absolute atomic E-state index is 0.0859. The highest BCUT2D eigenvalue weighted by Crippen LogP contribution is 2.22. The molecule has 0 heterocycles. The van der Waals surface area contributed by atoms with Crippen molar-refractivity contribution >= 4 is 29.0 Å². The molecule has 0 unspecified atom stereocenters. The van der Waals surface area contributed by atoms with E-state index in [1.165, 1.54) is 0 Å². The molecule has 0 radical (unpaired) electrons. The summed E-state index contributed by atoms with van der Waals surface area (Å²) in [6.45, 7) is 1.71. The van der Waals surface area contributed by atoms with Crippen molar-refractivity contribution in [3.8, 4) is 11.8 Å². The molecule has 1 rings (SSSR count). The van der Waals surface area contributed by atoms with Gasteiger partial charge >= 0.3 is 0 Å². The first kappa shape index (κ1) is 12.1. The standard InChI is InChI=1S/C12H10Cl2O/c1-2-3-4-10(15)7-9-5-6-11(13)12(14)8-9/h5-6,8H,4,7H2,1H3. The minimum Gasteiger partial charge on any atom is -0.298 e. The third kappa shape index (κ3) is 3.95. The Kier molecular flexibility index (Phi) is 4.68. The minimum atomic E-state index is 0.0859. The van der Waals surface area contributed by atoms with E-state index < -0.39 is 0 Å². The van der Waals surface area contributed by atoms with E-state index >= 15 is 0 Å². The third-order valence-electron chi connectivity index (χ3n) is 1.85. The number of Topliss-reactive ketones (excluding diaryl/α,β-unsaturated/α-hetero) is 1. The van der Waals surface area contributed by atoms with Crippen LogP contribution in [0.1, 0.15) is 18.9 Å². The molecule has 0 aliphatic rings. The van der Waals surface area contributed by atoms with Crippen LogP contribution in [-0.4, -0.2) is 5.78 Å². The molecule has 0 aliphatic carbocycles. The van der Waals surface area contributed by atoms with Crippen LogP contribution in [0.25, 0.3) is 0 Å². The number of hydrogen-bond acceptors (Lipinski definition) is 1. The zero-order chi connectivity index (χ0) is 11.3. The summed E-state index contributed by atoms with van der Waals surface area (Å²) < 4.78 is 0. The average molecular weight is 241 g/mol. The number of halogens is 2. The van der Waals surface area contributed by atoms with Gasteiger partial charge in [0.15, 0.2) is 0 Å². The van der Waals surface area contributed by atoms with E-state index in [9.17, 15) is 4.79 Å². The highest BCUT2D eigenvalue weighted by atomic mass is 35.5. The molecule has 0 atom stereocenters. The fraction of sp³-hybridized carbons (Fsp3) is 0.250. The number of rotatable bonds is 3. The molecule has 0 saturated heterocycles. The molecule has 0 aliphatic heterocycles. The second-order valence-corrected chi connectivity index (χ2v) is 3.88. The van der Waals surface area contributed by atoms with E-state index in [1.807, 2.05) is 0 Å². The average Bonchev–Trinajstić information content (AvgIpc) is 2.20. The molecule has 0 spiro atoms. The van der Waals surface area contributed by atoms with Gasteiger partial charge in [0.25, 0.3) is 0 Å². The summed E-state index contributed by atoms with van der Waals surface area (Å²) in [5.74, 6) is 5.51. The van der Waals surface area contributed by atoms with Crippen LogP contribution in [0.4, 0.5) is 0 Å². The molecule has 0 bridgehead atoms. The summed E-state index contributed by atoms with van der Waals surface area (Å²) in [5, 5.41) is 0.977. The molecule has 0 amide bonds. The summed E-state index contributed by atoms with van der Waals surface area (Å²) in [7, 11) is 0. The van der Waals surface area contributed by atoms with Gasteiger partial charge in [-0.2, -0.15) is 0 Å². The summed E-state index contributed by atoms with van der Waals surface area (Å²) in [6.07, 6.45) is 0.641. The van der Waals surface area contributed by atoms with Gasteiger partial charge in [-0.15, -0.1) is 5.92 Å². The van der Waals surface area contributed by atoms with Gasteiger partial charge in [0.2, 0.25) is 0 Å². The Morgan fingerprint density at radius 2 is 2.07 bits per heavy atom. The summed E-state index contributed by atoms with van der Waals surface area (Å²) in [4.78, 5) is 11.4. The molecule has 0 fully saturated rings. The number of carbonyl (C=O) groups is 1. The lowest BCUT2D eigenvalue weighted by Gasteiger charge is -2.00. The molecule has 1 aromatic carbocycles. The van der Waals surface area contributed by atoms with Crippen molar-refractivity contribution in [1.82, 2.24) is 0 Å². The van der Waals surface area contributed by atoms with Crippen LogP contribution in [0, 0.1) is 11.8 Å². The zero-order valence-corrected chi connectivity index (χ0v) is 9.82. The molecule has 0 N–H and O–H groups in total. The van der Waals surface area contributed by atoms with Gasteiger partial charge in [0.05, 0.1) is 16.5 Å². The Morgan fingerprint density at radius 3 is 2.67 bits per heavy atom. The zero-order valence-electron chi connectivity index (χ0n) is 8.31. The van der Waals surface area contributed by atoms with Crippen molar-refractivity contribution in [2.45, 2.75) is 19.8 Å². The quantitative estimate of drug-likeness (QED) is 0.740. The van der Waals surface area contributed by atoms with Crippen LogP contribution in [0.15, 0.2) is 18.2 Å². The number of hydrogen-bond donors (Lipinski definition) is 0. The molecule has 1 aromatic rings. The van der Waals surface area contributed by atoms with Gasteiger partial charge in [-0.05, 0) is 24.6 Å². The van der Waals surface area contributed by atoms with Gasteiger partial charge < -0.3 is 0 Å². The van der Waals surface area contributed by atoms with E-state index in [-0.39, 0.29) is 12.2 Å². The first-order valence-corrected chi connectivity index (χ1v) is 5.24. The van der Waals surface area contributed by atoms with Gasteiger partial charge in [-0.1, -0.05) is 35.2 Å². The molecule has 15 heavy (non-hydrogen) atoms. The summed E-state index contributed by atoms with van der Waals surface area (Å²) in [6, 6.07) is 5.20. The largest absolute Gasteiger partial charge is 0.298 e. The Hall–Kier alpha value is -0.970. The Balaban J connectivity index is 2.67. The lowest BCUT2D eigenvalue weighted by Crippen LogP contribution is -2.00. The van der Waals surface area contributed by atoms with Crippen LogP contribution >= 0.6 is 23.2 Å². The molecular formula is C12H10Cl2O. The van der Waals surface area contributed by atoms with Crippen molar-refractivity contribution in [2.75, 3.05) is 0 Å². The number of benzene rings is 1. The monoisotopic (exact) mass is 240 g/mol. The Morgan fingerprint density at radius 1 is 1.33 bits per heavy atom. The van der Waals surface area contributed by atoms with Gasteiger partial charge in [0, 0.05) is 6.42 Å².